The molecule has 140 valence electrons. The number of benzene rings is 2. The largest absolute Gasteiger partial charge is 0.483 e. The molecule has 0 atom stereocenters. The van der Waals surface area contributed by atoms with Gasteiger partial charge in [0.1, 0.15) is 17.1 Å². The summed E-state index contributed by atoms with van der Waals surface area (Å²) in [6, 6.07) is 11.7. The first-order valence-corrected chi connectivity index (χ1v) is 10.6. The number of hydrogen-bond acceptors (Lipinski definition) is 4. The van der Waals surface area contributed by atoms with Crippen LogP contribution in [0.4, 0.5) is 11.4 Å². The van der Waals surface area contributed by atoms with Gasteiger partial charge in [0, 0.05) is 21.8 Å². The zero-order valence-corrected chi connectivity index (χ0v) is 17.7. The van der Waals surface area contributed by atoms with E-state index in [0.717, 1.165) is 51.2 Å². The van der Waals surface area contributed by atoms with Crippen LogP contribution in [-0.4, -0.2) is 23.7 Å². The van der Waals surface area contributed by atoms with Crippen molar-refractivity contribution in [1.29, 1.82) is 0 Å². The highest BCUT2D eigenvalue weighted by Crippen LogP contribution is 2.47. The van der Waals surface area contributed by atoms with Crippen LogP contribution in [0, 0.1) is 0 Å². The van der Waals surface area contributed by atoms with E-state index < -0.39 is 5.60 Å². The van der Waals surface area contributed by atoms with E-state index in [1.165, 1.54) is 12.8 Å². The maximum absolute atomic E-state index is 11.6. The highest BCUT2D eigenvalue weighted by Gasteiger charge is 2.55. The van der Waals surface area contributed by atoms with Crippen LogP contribution in [0.3, 0.4) is 0 Å². The lowest BCUT2D eigenvalue weighted by atomic mass is 10.2. The highest BCUT2D eigenvalue weighted by molar-refractivity contribution is 9.10. The zero-order valence-electron chi connectivity index (χ0n) is 14.5. The lowest BCUT2D eigenvalue weighted by molar-refractivity contribution is -0.125. The van der Waals surface area contributed by atoms with Crippen molar-refractivity contribution in [3.05, 3.63) is 45.3 Å². The Morgan fingerprint density at radius 1 is 0.852 bits per heavy atom. The average molecular weight is 494 g/mol. The molecule has 4 aliphatic rings. The molecule has 2 spiro atoms. The van der Waals surface area contributed by atoms with Crippen LogP contribution in [0.25, 0.3) is 0 Å². The number of hydrogen-bond donors (Lipinski definition) is 2. The topological polar surface area (TPSA) is 59.6 Å². The molecule has 2 fully saturated rings. The first-order valence-electron chi connectivity index (χ1n) is 9.00. The number of rotatable bonds is 0. The van der Waals surface area contributed by atoms with Crippen LogP contribution in [-0.2, 0) is 4.79 Å². The van der Waals surface area contributed by atoms with Crippen LogP contribution < -0.4 is 20.1 Å². The molecular formula is C20H18Br2N2O3. The van der Waals surface area contributed by atoms with Crippen LogP contribution in [0.2, 0.25) is 0 Å². The fraction of sp³-hybridized carbons (Fsp3) is 0.350. The number of halogens is 2. The summed E-state index contributed by atoms with van der Waals surface area (Å²) in [6.07, 6.45) is 4.04. The third-order valence-electron chi connectivity index (χ3n) is 5.29. The number of anilines is 2. The van der Waals surface area contributed by atoms with E-state index in [1.807, 2.05) is 30.3 Å². The third-order valence-corrected chi connectivity index (χ3v) is 6.28. The minimum Gasteiger partial charge on any atom is -0.483 e. The first-order chi connectivity index (χ1) is 13.0. The Kier molecular flexibility index (Phi) is 3.95. The number of ether oxygens (including phenoxy) is 2. The van der Waals surface area contributed by atoms with Crippen LogP contribution in [0.15, 0.2) is 45.3 Å². The van der Waals surface area contributed by atoms with Crippen molar-refractivity contribution in [2.75, 3.05) is 17.2 Å². The molecule has 1 amide bonds. The van der Waals surface area contributed by atoms with E-state index in [-0.39, 0.29) is 11.5 Å². The van der Waals surface area contributed by atoms with Crippen molar-refractivity contribution in [3.63, 3.8) is 0 Å². The van der Waals surface area contributed by atoms with Crippen LogP contribution in [0.1, 0.15) is 25.7 Å². The van der Waals surface area contributed by atoms with Gasteiger partial charge in [-0.2, -0.15) is 0 Å². The molecule has 2 aliphatic heterocycles. The van der Waals surface area contributed by atoms with E-state index >= 15 is 0 Å². The molecule has 2 saturated carbocycles. The number of amides is 1. The molecule has 0 saturated heterocycles. The van der Waals surface area contributed by atoms with E-state index in [9.17, 15) is 4.79 Å². The smallest absolute Gasteiger partial charge is 0.268 e. The molecule has 27 heavy (non-hydrogen) atoms. The molecule has 7 heteroatoms. The molecule has 0 unspecified atom stereocenters. The maximum Gasteiger partial charge on any atom is 0.268 e. The molecule has 2 N–H and O–H groups in total. The van der Waals surface area contributed by atoms with Gasteiger partial charge in [0.25, 0.3) is 5.91 Å². The minimum atomic E-state index is -0.541. The molecule has 0 radical (unpaired) electrons. The molecule has 0 aromatic heterocycles. The zero-order chi connectivity index (χ0) is 18.6. The van der Waals surface area contributed by atoms with Gasteiger partial charge in [-0.15, -0.1) is 0 Å². The Balaban J connectivity index is 0.000000119. The van der Waals surface area contributed by atoms with Crippen molar-refractivity contribution in [2.24, 2.45) is 0 Å². The Morgan fingerprint density at radius 3 is 2.11 bits per heavy atom. The third kappa shape index (κ3) is 3.31. The minimum absolute atomic E-state index is 0.0110. The maximum atomic E-state index is 11.6. The first kappa shape index (κ1) is 17.4. The molecule has 6 rings (SSSR count). The molecule has 0 bridgehead atoms. The summed E-state index contributed by atoms with van der Waals surface area (Å²) < 4.78 is 13.6. The van der Waals surface area contributed by atoms with Crippen LogP contribution in [0.5, 0.6) is 11.5 Å². The fourth-order valence-electron chi connectivity index (χ4n) is 3.30. The van der Waals surface area contributed by atoms with Gasteiger partial charge in [0.2, 0.25) is 0 Å². The van der Waals surface area contributed by atoms with Gasteiger partial charge in [-0.05, 0) is 49.2 Å². The van der Waals surface area contributed by atoms with Crippen molar-refractivity contribution in [2.45, 2.75) is 36.9 Å². The summed E-state index contributed by atoms with van der Waals surface area (Å²) in [7, 11) is 0. The Hall–Kier alpha value is -1.73. The number of fused-ring (bicyclic) bond motifs is 2. The van der Waals surface area contributed by atoms with Crippen molar-refractivity contribution >= 4 is 49.1 Å². The predicted molar refractivity (Wildman–Crippen MR) is 111 cm³/mol. The summed E-state index contributed by atoms with van der Waals surface area (Å²) >= 11 is 6.79. The summed E-state index contributed by atoms with van der Waals surface area (Å²) in [5.74, 6) is 1.75. The second-order valence-electron chi connectivity index (χ2n) is 7.47. The number of carbonyl (C=O) groups is 1. The van der Waals surface area contributed by atoms with E-state index in [1.54, 1.807) is 0 Å². The highest BCUT2D eigenvalue weighted by atomic mass is 79.9. The molecule has 2 aromatic carbocycles. The van der Waals surface area contributed by atoms with Crippen molar-refractivity contribution in [3.8, 4) is 11.5 Å². The predicted octanol–water partition coefficient (Wildman–Crippen LogP) is 5.10. The van der Waals surface area contributed by atoms with Crippen LogP contribution >= 0.6 is 31.9 Å². The van der Waals surface area contributed by atoms with Gasteiger partial charge in [0.15, 0.2) is 5.60 Å². The Bertz CT molecular complexity index is 939. The molecule has 2 heterocycles. The van der Waals surface area contributed by atoms with Gasteiger partial charge in [-0.25, -0.2) is 0 Å². The summed E-state index contributed by atoms with van der Waals surface area (Å²) in [4.78, 5) is 11.6. The summed E-state index contributed by atoms with van der Waals surface area (Å²) in [5, 5.41) is 6.26. The Labute approximate surface area is 174 Å². The molecule has 2 aromatic rings. The average Bonchev–Trinajstić information content (AvgIpc) is 3.57. The monoisotopic (exact) mass is 492 g/mol. The van der Waals surface area contributed by atoms with Gasteiger partial charge in [-0.1, -0.05) is 31.9 Å². The van der Waals surface area contributed by atoms with E-state index in [0.29, 0.717) is 0 Å². The lowest BCUT2D eigenvalue weighted by Gasteiger charge is -2.27. The van der Waals surface area contributed by atoms with Gasteiger partial charge >= 0.3 is 0 Å². The molecular weight excluding hydrogens is 476 g/mol. The summed E-state index contributed by atoms with van der Waals surface area (Å²) in [5.41, 5.74) is 1.45. The standard InChI is InChI=1S/C10H8BrNO2.C10H10BrNO/c11-6-1-2-8-7(5-6)12-9(13)10(14-8)3-4-10;11-7-1-2-9-8(5-7)12-6-10(13-9)3-4-10/h1-2,5H,3-4H2,(H,12,13);1-2,5,12H,3-4,6H2. The van der Waals surface area contributed by atoms with E-state index in [4.69, 9.17) is 9.47 Å². The lowest BCUT2D eigenvalue weighted by Crippen LogP contribution is -2.38. The second kappa shape index (κ2) is 6.14. The molecule has 2 aliphatic carbocycles. The normalized spacial score (nSPS) is 21.3. The van der Waals surface area contributed by atoms with Gasteiger partial charge in [0.05, 0.1) is 17.9 Å². The second-order valence-corrected chi connectivity index (χ2v) is 9.30. The van der Waals surface area contributed by atoms with Crippen molar-refractivity contribution < 1.29 is 14.3 Å². The quantitative estimate of drug-likeness (QED) is 0.536. The Morgan fingerprint density at radius 2 is 1.48 bits per heavy atom. The van der Waals surface area contributed by atoms with E-state index in [2.05, 4.69) is 48.6 Å². The van der Waals surface area contributed by atoms with Crippen molar-refractivity contribution in [1.82, 2.24) is 0 Å². The van der Waals surface area contributed by atoms with Gasteiger partial charge in [-0.3, -0.25) is 4.79 Å². The summed E-state index contributed by atoms with van der Waals surface area (Å²) in [6.45, 7) is 0.955. The number of nitrogens with one attached hydrogen (secondary N) is 2. The van der Waals surface area contributed by atoms with Gasteiger partial charge < -0.3 is 20.1 Å². The molecule has 5 nitrogen and oxygen atoms in total. The fourth-order valence-corrected chi connectivity index (χ4v) is 4.02. The number of carbonyl (C=O) groups excluding carboxylic acids is 1. The SMILES string of the molecule is Brc1ccc2c(c1)NCC1(CC1)O2.O=C1Nc2cc(Br)ccc2OC12CC2.